The fourth-order valence-electron chi connectivity index (χ4n) is 3.46. The third kappa shape index (κ3) is 4.14. The van der Waals surface area contributed by atoms with Crippen LogP contribution in [-0.2, 0) is 10.9 Å². The fourth-order valence-corrected chi connectivity index (χ4v) is 3.46. The number of dihydropyridines is 2. The summed E-state index contributed by atoms with van der Waals surface area (Å²) >= 11 is 0. The van der Waals surface area contributed by atoms with Crippen molar-refractivity contribution in [2.24, 2.45) is 0 Å². The number of hydrogen-bond donors (Lipinski definition) is 3. The molecule has 1 atom stereocenters. The fraction of sp³-hybridized carbons (Fsp3) is 0.286. The Morgan fingerprint density at radius 3 is 2.93 bits per heavy atom. The Balaban J connectivity index is 1.54. The highest BCUT2D eigenvalue weighted by molar-refractivity contribution is 5.79. The van der Waals surface area contributed by atoms with Crippen LogP contribution in [0.5, 0.6) is 0 Å². The minimum atomic E-state index is -4.42. The lowest BCUT2D eigenvalue weighted by atomic mass is 10.0. The number of amides is 2. The molecule has 3 heterocycles. The Hall–Kier alpha value is -3.36. The van der Waals surface area contributed by atoms with E-state index in [1.54, 1.807) is 18.2 Å². The van der Waals surface area contributed by atoms with Gasteiger partial charge in [-0.15, -0.1) is 0 Å². The number of nitrogens with zero attached hydrogens (tertiary/aromatic N) is 1. The van der Waals surface area contributed by atoms with Crippen molar-refractivity contribution in [3.05, 3.63) is 82.7 Å². The molecule has 158 valence electrons. The molecule has 2 amide bonds. The van der Waals surface area contributed by atoms with Crippen molar-refractivity contribution < 1.29 is 22.7 Å². The lowest BCUT2D eigenvalue weighted by molar-refractivity contribution is -0.137. The maximum atomic E-state index is 13.1. The molecule has 0 aliphatic carbocycles. The van der Waals surface area contributed by atoms with Gasteiger partial charge in [0, 0.05) is 17.9 Å². The smallest absolute Gasteiger partial charge is 0.416 e. The lowest BCUT2D eigenvalue weighted by Crippen LogP contribution is -2.48. The second-order valence-electron chi connectivity index (χ2n) is 7.12. The summed E-state index contributed by atoms with van der Waals surface area (Å²) in [6.07, 6.45) is 2.67. The summed E-state index contributed by atoms with van der Waals surface area (Å²) in [6, 6.07) is 4.26. The van der Waals surface area contributed by atoms with Crippen molar-refractivity contribution in [1.82, 2.24) is 20.9 Å². The first kappa shape index (κ1) is 19.9. The van der Waals surface area contributed by atoms with Gasteiger partial charge in [0.1, 0.15) is 6.61 Å². The van der Waals surface area contributed by atoms with E-state index in [2.05, 4.69) is 16.0 Å². The van der Waals surface area contributed by atoms with Gasteiger partial charge in [-0.1, -0.05) is 18.2 Å². The van der Waals surface area contributed by atoms with E-state index in [0.29, 0.717) is 42.5 Å². The number of nitrogens with one attached hydrogen (secondary N) is 3. The van der Waals surface area contributed by atoms with Crippen LogP contribution in [0, 0.1) is 0 Å². The molecule has 0 fully saturated rings. The zero-order valence-corrected chi connectivity index (χ0v) is 16.2. The molecule has 30 heavy (non-hydrogen) atoms. The molecule has 1 unspecified atom stereocenters. The second kappa shape index (κ2) is 7.81. The van der Waals surface area contributed by atoms with E-state index in [1.807, 2.05) is 19.1 Å². The molecule has 3 aliphatic heterocycles. The van der Waals surface area contributed by atoms with Crippen LogP contribution in [0.25, 0.3) is 0 Å². The molecule has 6 nitrogen and oxygen atoms in total. The van der Waals surface area contributed by atoms with Gasteiger partial charge < -0.3 is 20.7 Å². The molecule has 0 bridgehead atoms. The molecule has 3 N–H and O–H groups in total. The van der Waals surface area contributed by atoms with Gasteiger partial charge in [0.25, 0.3) is 0 Å². The normalized spacial score (nSPS) is 20.9. The number of alkyl halides is 3. The van der Waals surface area contributed by atoms with Crippen molar-refractivity contribution in [3.63, 3.8) is 0 Å². The highest BCUT2D eigenvalue weighted by Gasteiger charge is 2.33. The second-order valence-corrected chi connectivity index (χ2v) is 7.12. The topological polar surface area (TPSA) is 65.6 Å². The minimum Gasteiger partial charge on any atom is -0.488 e. The Morgan fingerprint density at radius 2 is 2.17 bits per heavy atom. The third-order valence-corrected chi connectivity index (χ3v) is 4.95. The molecule has 3 aliphatic rings. The van der Waals surface area contributed by atoms with Crippen molar-refractivity contribution in [2.75, 3.05) is 19.7 Å². The van der Waals surface area contributed by atoms with Crippen LogP contribution in [0.3, 0.4) is 0 Å². The van der Waals surface area contributed by atoms with Crippen LogP contribution in [0.1, 0.15) is 24.1 Å². The van der Waals surface area contributed by atoms with Crippen molar-refractivity contribution >= 4 is 6.03 Å². The first-order valence-electron chi connectivity index (χ1n) is 9.51. The number of ether oxygens (including phenoxy) is 1. The van der Waals surface area contributed by atoms with Gasteiger partial charge in [-0.3, -0.25) is 4.90 Å². The molecule has 1 aromatic rings. The SMILES string of the molecule is CC1=CC(NC(=O)N2CCOC3=C2NC(c2cccc(C(F)(F)F)c2)C=C3)=CCN1. The Labute approximate surface area is 171 Å². The van der Waals surface area contributed by atoms with E-state index in [1.165, 1.54) is 11.0 Å². The molecule has 0 saturated heterocycles. The predicted molar refractivity (Wildman–Crippen MR) is 105 cm³/mol. The van der Waals surface area contributed by atoms with Gasteiger partial charge >= 0.3 is 12.2 Å². The summed E-state index contributed by atoms with van der Waals surface area (Å²) < 4.78 is 44.9. The number of rotatable bonds is 2. The van der Waals surface area contributed by atoms with Gasteiger partial charge in [-0.25, -0.2) is 4.79 Å². The third-order valence-electron chi connectivity index (χ3n) is 4.95. The number of allylic oxidation sites excluding steroid dienone is 3. The van der Waals surface area contributed by atoms with Crippen LogP contribution in [0.2, 0.25) is 0 Å². The monoisotopic (exact) mass is 418 g/mol. The highest BCUT2D eigenvalue weighted by atomic mass is 19.4. The van der Waals surface area contributed by atoms with Crippen LogP contribution in [0.15, 0.2) is 71.5 Å². The van der Waals surface area contributed by atoms with E-state index in [9.17, 15) is 18.0 Å². The quantitative estimate of drug-likeness (QED) is 0.688. The average Bonchev–Trinajstić information content (AvgIpc) is 2.72. The Kier molecular flexibility index (Phi) is 5.19. The number of benzene rings is 1. The van der Waals surface area contributed by atoms with E-state index in [0.717, 1.165) is 17.8 Å². The lowest BCUT2D eigenvalue weighted by Gasteiger charge is -2.36. The number of hydrogen-bond acceptors (Lipinski definition) is 4. The van der Waals surface area contributed by atoms with Crippen LogP contribution in [0.4, 0.5) is 18.0 Å². The predicted octanol–water partition coefficient (Wildman–Crippen LogP) is 3.51. The zero-order chi connectivity index (χ0) is 21.3. The summed E-state index contributed by atoms with van der Waals surface area (Å²) in [6.45, 7) is 3.16. The maximum Gasteiger partial charge on any atom is 0.416 e. The number of carbonyl (C=O) groups is 1. The summed E-state index contributed by atoms with van der Waals surface area (Å²) in [4.78, 5) is 14.4. The van der Waals surface area contributed by atoms with Gasteiger partial charge in [-0.05, 0) is 42.8 Å². The van der Waals surface area contributed by atoms with E-state index < -0.39 is 17.8 Å². The van der Waals surface area contributed by atoms with E-state index >= 15 is 0 Å². The highest BCUT2D eigenvalue weighted by Crippen LogP contribution is 2.33. The first-order valence-corrected chi connectivity index (χ1v) is 9.51. The Bertz CT molecular complexity index is 979. The molecule has 1 aromatic carbocycles. The summed E-state index contributed by atoms with van der Waals surface area (Å²) in [7, 11) is 0. The zero-order valence-electron chi connectivity index (χ0n) is 16.2. The standard InChI is InChI=1S/C21H21F3N4O2/c1-13-11-16(7-8-25-13)26-20(29)28-9-10-30-18-6-5-17(27-19(18)28)14-3-2-4-15(12-14)21(22,23)24/h2-7,11-12,17,25,27H,8-10H2,1H3,(H,26,29). The van der Waals surface area contributed by atoms with Crippen molar-refractivity contribution in [2.45, 2.75) is 19.1 Å². The molecule has 9 heteroatoms. The van der Waals surface area contributed by atoms with Gasteiger partial charge in [0.05, 0.1) is 18.2 Å². The maximum absolute atomic E-state index is 13.1. The average molecular weight is 418 g/mol. The van der Waals surface area contributed by atoms with Gasteiger partial charge in [0.2, 0.25) is 0 Å². The van der Waals surface area contributed by atoms with Crippen LogP contribution < -0.4 is 16.0 Å². The van der Waals surface area contributed by atoms with Crippen LogP contribution in [-0.4, -0.2) is 30.6 Å². The minimum absolute atomic E-state index is 0.315. The number of carbonyl (C=O) groups excluding carboxylic acids is 1. The van der Waals surface area contributed by atoms with Gasteiger partial charge in [-0.2, -0.15) is 13.2 Å². The molecule has 0 radical (unpaired) electrons. The number of urea groups is 1. The molecular formula is C21H21F3N4O2. The molecule has 0 saturated carbocycles. The van der Waals surface area contributed by atoms with Gasteiger partial charge in [0.15, 0.2) is 11.6 Å². The largest absolute Gasteiger partial charge is 0.488 e. The van der Waals surface area contributed by atoms with E-state index in [-0.39, 0.29) is 6.03 Å². The molecule has 0 spiro atoms. The summed E-state index contributed by atoms with van der Waals surface area (Å²) in [5.74, 6) is 0.907. The van der Waals surface area contributed by atoms with Crippen LogP contribution >= 0.6 is 0 Å². The van der Waals surface area contributed by atoms with Crippen molar-refractivity contribution in [1.29, 1.82) is 0 Å². The molecular weight excluding hydrogens is 397 g/mol. The first-order chi connectivity index (χ1) is 14.3. The Morgan fingerprint density at radius 1 is 1.33 bits per heavy atom. The molecule has 0 aromatic heterocycles. The summed E-state index contributed by atoms with van der Waals surface area (Å²) in [5, 5.41) is 9.15. The van der Waals surface area contributed by atoms with Crippen molar-refractivity contribution in [3.8, 4) is 0 Å². The number of halogens is 3. The van der Waals surface area contributed by atoms with E-state index in [4.69, 9.17) is 4.74 Å². The summed E-state index contributed by atoms with van der Waals surface area (Å²) in [5.41, 5.74) is 1.35. The molecule has 4 rings (SSSR count).